The van der Waals surface area contributed by atoms with Gasteiger partial charge in [-0.05, 0) is 25.3 Å². The molecular formula is C16H23NO6S. The Balaban J connectivity index is 2.67. The fraction of sp³-hybridized carbons (Fsp3) is 0.500. The second kappa shape index (κ2) is 10.9. The highest BCUT2D eigenvalue weighted by Gasteiger charge is 2.14. The van der Waals surface area contributed by atoms with E-state index in [1.165, 1.54) is 24.8 Å². The molecule has 0 aliphatic carbocycles. The minimum absolute atomic E-state index is 0.0153. The molecule has 8 heteroatoms. The smallest absolute Gasteiger partial charge is 0.328 e. The van der Waals surface area contributed by atoms with Crippen molar-refractivity contribution < 1.29 is 29.2 Å². The fourth-order valence-electron chi connectivity index (χ4n) is 1.71. The van der Waals surface area contributed by atoms with Gasteiger partial charge in [-0.25, -0.2) is 4.79 Å². The first-order valence-corrected chi connectivity index (χ1v) is 8.59. The predicted molar refractivity (Wildman–Crippen MR) is 93.4 cm³/mol. The van der Waals surface area contributed by atoms with Gasteiger partial charge in [0.2, 0.25) is 0 Å². The van der Waals surface area contributed by atoms with Crippen LogP contribution >= 0.6 is 11.8 Å². The number of rotatable bonds is 10. The van der Waals surface area contributed by atoms with E-state index >= 15 is 0 Å². The Kier molecular flexibility index (Phi) is 9.21. The largest absolute Gasteiger partial charge is 0.507 e. The summed E-state index contributed by atoms with van der Waals surface area (Å²) in [7, 11) is 1.60. The first-order valence-electron chi connectivity index (χ1n) is 7.37. The van der Waals surface area contributed by atoms with Gasteiger partial charge >= 0.3 is 5.97 Å². The number of ether oxygens (including phenoxy) is 3. The standard InChI is InChI=1S/C16H23NO6S/c1-11(16(19)20)17-15(24-3)13-5-4-12(10-14(13)18)23-9-8-22-7-6-21-2/h4-5,10-11,18H,6-9H2,1-3H3,(H,19,20)/t11-/m1/s1. The lowest BCUT2D eigenvalue weighted by Crippen LogP contribution is -2.15. The molecule has 1 aromatic rings. The summed E-state index contributed by atoms with van der Waals surface area (Å²) in [6.45, 7) is 3.28. The lowest BCUT2D eigenvalue weighted by Gasteiger charge is -2.11. The molecule has 0 amide bonds. The maximum absolute atomic E-state index is 10.9. The summed E-state index contributed by atoms with van der Waals surface area (Å²) >= 11 is 1.27. The molecule has 1 aromatic carbocycles. The highest BCUT2D eigenvalue weighted by molar-refractivity contribution is 8.13. The number of carboxylic acids is 1. The molecule has 0 saturated carbocycles. The van der Waals surface area contributed by atoms with Crippen LogP contribution in [-0.2, 0) is 14.3 Å². The molecule has 0 saturated heterocycles. The number of aliphatic imine (C=N–C) groups is 1. The van der Waals surface area contributed by atoms with E-state index < -0.39 is 12.0 Å². The van der Waals surface area contributed by atoms with Crippen molar-refractivity contribution in [1.29, 1.82) is 0 Å². The van der Waals surface area contributed by atoms with Gasteiger partial charge in [0.25, 0.3) is 0 Å². The van der Waals surface area contributed by atoms with E-state index in [4.69, 9.17) is 19.3 Å². The molecule has 0 aliphatic heterocycles. The van der Waals surface area contributed by atoms with Crippen LogP contribution in [-0.4, -0.2) is 67.1 Å². The number of phenols is 1. The second-order valence-corrected chi connectivity index (χ2v) is 5.58. The maximum Gasteiger partial charge on any atom is 0.328 e. The molecular weight excluding hydrogens is 334 g/mol. The third-order valence-electron chi connectivity index (χ3n) is 2.99. The Morgan fingerprint density at radius 3 is 2.58 bits per heavy atom. The van der Waals surface area contributed by atoms with Crippen LogP contribution in [0.25, 0.3) is 0 Å². The topological polar surface area (TPSA) is 97.6 Å². The van der Waals surface area contributed by atoms with Crippen LogP contribution in [0.2, 0.25) is 0 Å². The zero-order valence-electron chi connectivity index (χ0n) is 14.0. The number of hydrogen-bond donors (Lipinski definition) is 2. The number of aromatic hydroxyl groups is 1. The molecule has 0 aromatic heterocycles. The lowest BCUT2D eigenvalue weighted by atomic mass is 10.2. The summed E-state index contributed by atoms with van der Waals surface area (Å²) in [5.41, 5.74) is 0.472. The van der Waals surface area contributed by atoms with Crippen LogP contribution in [0.1, 0.15) is 12.5 Å². The third-order valence-corrected chi connectivity index (χ3v) is 3.70. The molecule has 0 heterocycles. The van der Waals surface area contributed by atoms with Crippen LogP contribution in [0.4, 0.5) is 0 Å². The van der Waals surface area contributed by atoms with E-state index in [1.807, 2.05) is 0 Å². The van der Waals surface area contributed by atoms with Crippen molar-refractivity contribution in [2.24, 2.45) is 4.99 Å². The number of nitrogens with zero attached hydrogens (tertiary/aromatic N) is 1. The first kappa shape index (κ1) is 20.3. The summed E-state index contributed by atoms with van der Waals surface area (Å²) in [6.07, 6.45) is 1.77. The number of hydrogen-bond acceptors (Lipinski definition) is 7. The van der Waals surface area contributed by atoms with Crippen molar-refractivity contribution >= 4 is 22.8 Å². The van der Waals surface area contributed by atoms with E-state index in [-0.39, 0.29) is 5.75 Å². The van der Waals surface area contributed by atoms with E-state index in [0.717, 1.165) is 0 Å². The molecule has 0 bridgehead atoms. The average molecular weight is 357 g/mol. The average Bonchev–Trinajstić information content (AvgIpc) is 2.56. The minimum atomic E-state index is -1.02. The Bertz CT molecular complexity index is 563. The van der Waals surface area contributed by atoms with E-state index in [2.05, 4.69) is 4.99 Å². The van der Waals surface area contributed by atoms with Gasteiger partial charge in [-0.3, -0.25) is 4.99 Å². The molecule has 0 fully saturated rings. The fourth-order valence-corrected chi connectivity index (χ4v) is 2.36. The van der Waals surface area contributed by atoms with Gasteiger partial charge in [0.1, 0.15) is 29.2 Å². The number of carbonyl (C=O) groups is 1. The Morgan fingerprint density at radius 1 is 1.29 bits per heavy atom. The highest BCUT2D eigenvalue weighted by atomic mass is 32.2. The van der Waals surface area contributed by atoms with Crippen LogP contribution < -0.4 is 4.74 Å². The number of thioether (sulfide) groups is 1. The van der Waals surface area contributed by atoms with Crippen LogP contribution in [0.15, 0.2) is 23.2 Å². The van der Waals surface area contributed by atoms with E-state index in [0.29, 0.717) is 42.8 Å². The van der Waals surface area contributed by atoms with Gasteiger partial charge in [-0.1, -0.05) is 0 Å². The van der Waals surface area contributed by atoms with Gasteiger partial charge in [0.15, 0.2) is 0 Å². The van der Waals surface area contributed by atoms with Gasteiger partial charge in [-0.2, -0.15) is 0 Å². The molecule has 0 unspecified atom stereocenters. The third kappa shape index (κ3) is 6.77. The van der Waals surface area contributed by atoms with Crippen molar-refractivity contribution in [2.75, 3.05) is 39.8 Å². The van der Waals surface area contributed by atoms with Crippen molar-refractivity contribution in [3.05, 3.63) is 23.8 Å². The van der Waals surface area contributed by atoms with Crippen LogP contribution in [0.3, 0.4) is 0 Å². The molecule has 7 nitrogen and oxygen atoms in total. The summed E-state index contributed by atoms with van der Waals surface area (Å²) in [4.78, 5) is 15.0. The molecule has 2 N–H and O–H groups in total. The Morgan fingerprint density at radius 2 is 2.00 bits per heavy atom. The zero-order chi connectivity index (χ0) is 17.9. The SMILES string of the molecule is COCCOCCOc1ccc(C(=N[C@H](C)C(=O)O)SC)c(O)c1. The molecule has 1 rings (SSSR count). The number of aliphatic carboxylic acids is 1. The van der Waals surface area contributed by atoms with Gasteiger partial charge in [0, 0.05) is 18.7 Å². The van der Waals surface area contributed by atoms with Gasteiger partial charge in [0.05, 0.1) is 19.8 Å². The molecule has 24 heavy (non-hydrogen) atoms. The van der Waals surface area contributed by atoms with Gasteiger partial charge < -0.3 is 24.4 Å². The molecule has 0 radical (unpaired) electrons. The molecule has 134 valence electrons. The summed E-state index contributed by atoms with van der Waals surface area (Å²) in [5.74, 6) is -0.536. The number of benzene rings is 1. The van der Waals surface area contributed by atoms with Crippen LogP contribution in [0.5, 0.6) is 11.5 Å². The van der Waals surface area contributed by atoms with Crippen molar-refractivity contribution in [1.82, 2.24) is 0 Å². The van der Waals surface area contributed by atoms with E-state index in [1.54, 1.807) is 25.5 Å². The minimum Gasteiger partial charge on any atom is -0.507 e. The molecule has 0 spiro atoms. The zero-order valence-corrected chi connectivity index (χ0v) is 14.8. The Hall–Kier alpha value is -1.77. The van der Waals surface area contributed by atoms with E-state index in [9.17, 15) is 9.90 Å². The number of carboxylic acid groups (broad SMARTS) is 1. The quantitative estimate of drug-likeness (QED) is 0.375. The highest BCUT2D eigenvalue weighted by Crippen LogP contribution is 2.27. The second-order valence-electron chi connectivity index (χ2n) is 4.79. The number of phenolic OH excluding ortho intramolecular Hbond substituents is 1. The predicted octanol–water partition coefficient (Wildman–Crippen LogP) is 2.02. The Labute approximate surface area is 145 Å². The number of methoxy groups -OCH3 is 1. The van der Waals surface area contributed by atoms with Gasteiger partial charge in [-0.15, -0.1) is 11.8 Å². The monoisotopic (exact) mass is 357 g/mol. The normalized spacial score (nSPS) is 12.9. The molecule has 0 aliphatic rings. The lowest BCUT2D eigenvalue weighted by molar-refractivity contribution is -0.137. The summed E-state index contributed by atoms with van der Waals surface area (Å²) < 4.78 is 15.6. The van der Waals surface area contributed by atoms with Crippen LogP contribution in [0, 0.1) is 0 Å². The first-order chi connectivity index (χ1) is 11.5. The summed E-state index contributed by atoms with van der Waals surface area (Å²) in [5, 5.41) is 19.5. The van der Waals surface area contributed by atoms with Crippen molar-refractivity contribution in [2.45, 2.75) is 13.0 Å². The maximum atomic E-state index is 10.9. The van der Waals surface area contributed by atoms with Crippen molar-refractivity contribution in [3.63, 3.8) is 0 Å². The summed E-state index contributed by atoms with van der Waals surface area (Å²) in [6, 6.07) is 3.94. The van der Waals surface area contributed by atoms with Crippen molar-refractivity contribution in [3.8, 4) is 11.5 Å². The molecule has 1 atom stereocenters.